The summed E-state index contributed by atoms with van der Waals surface area (Å²) in [6.45, 7) is 0.220. The van der Waals surface area contributed by atoms with Gasteiger partial charge >= 0.3 is 0 Å². The second-order valence-electron chi connectivity index (χ2n) is 3.89. The summed E-state index contributed by atoms with van der Waals surface area (Å²) in [7, 11) is 0. The molecule has 1 aromatic carbocycles. The van der Waals surface area contributed by atoms with Crippen molar-refractivity contribution in [2.45, 2.75) is 10.8 Å². The summed E-state index contributed by atoms with van der Waals surface area (Å²) in [6.07, 6.45) is 1.72. The van der Waals surface area contributed by atoms with Gasteiger partial charge in [0.05, 0.1) is 10.0 Å². The molecule has 0 unspecified atom stereocenters. The molecule has 0 N–H and O–H groups in total. The minimum absolute atomic E-state index is 0.220. The van der Waals surface area contributed by atoms with Crippen LogP contribution in [-0.2, 0) is 5.75 Å². The van der Waals surface area contributed by atoms with Crippen molar-refractivity contribution in [3.63, 3.8) is 0 Å². The van der Waals surface area contributed by atoms with Crippen molar-refractivity contribution in [1.29, 1.82) is 0 Å². The Kier molecular flexibility index (Phi) is 3.73. The Labute approximate surface area is 124 Å². The highest BCUT2D eigenvalue weighted by Crippen LogP contribution is 2.41. The molecule has 19 heavy (non-hydrogen) atoms. The molecular formula is C13H9Cl2NO2S. The molecule has 98 valence electrons. The van der Waals surface area contributed by atoms with E-state index in [9.17, 15) is 0 Å². The van der Waals surface area contributed by atoms with Gasteiger partial charge in [0.25, 0.3) is 0 Å². The number of thioether (sulfide) groups is 1. The average molecular weight is 314 g/mol. The van der Waals surface area contributed by atoms with E-state index in [4.69, 9.17) is 32.7 Å². The van der Waals surface area contributed by atoms with Gasteiger partial charge in [-0.25, -0.2) is 4.98 Å². The molecule has 1 aromatic heterocycles. The van der Waals surface area contributed by atoms with Gasteiger partial charge in [0.2, 0.25) is 6.79 Å². The maximum absolute atomic E-state index is 6.13. The van der Waals surface area contributed by atoms with Crippen LogP contribution in [0.3, 0.4) is 0 Å². The highest BCUT2D eigenvalue weighted by molar-refractivity contribution is 7.98. The molecule has 1 aliphatic heterocycles. The molecule has 0 atom stereocenters. The zero-order valence-electron chi connectivity index (χ0n) is 9.73. The molecular weight excluding hydrogens is 305 g/mol. The maximum Gasteiger partial charge on any atom is 0.231 e. The fourth-order valence-corrected chi connectivity index (χ4v) is 3.12. The molecule has 6 heteroatoms. The lowest BCUT2D eigenvalue weighted by Crippen LogP contribution is -1.93. The summed E-state index contributed by atoms with van der Waals surface area (Å²) in [5.41, 5.74) is 1.04. The van der Waals surface area contributed by atoms with Crippen molar-refractivity contribution in [3.05, 3.63) is 46.1 Å². The first kappa shape index (κ1) is 12.9. The van der Waals surface area contributed by atoms with Crippen LogP contribution in [0.25, 0.3) is 0 Å². The van der Waals surface area contributed by atoms with E-state index >= 15 is 0 Å². The number of hydrogen-bond donors (Lipinski definition) is 0. The molecule has 0 aliphatic carbocycles. The summed E-state index contributed by atoms with van der Waals surface area (Å²) in [5, 5.41) is 2.02. The van der Waals surface area contributed by atoms with Crippen LogP contribution in [0, 0.1) is 0 Å². The lowest BCUT2D eigenvalue weighted by atomic mass is 10.2. The topological polar surface area (TPSA) is 31.4 Å². The molecule has 0 bridgehead atoms. The molecule has 0 radical (unpaired) electrons. The first-order chi connectivity index (χ1) is 9.24. The SMILES string of the molecule is Clc1cccnc1SCc1cc(Cl)c2c(c1)OCO2. The largest absolute Gasteiger partial charge is 0.454 e. The summed E-state index contributed by atoms with van der Waals surface area (Å²) >= 11 is 13.7. The fraction of sp³-hybridized carbons (Fsp3) is 0.154. The Morgan fingerprint density at radius 1 is 1.21 bits per heavy atom. The van der Waals surface area contributed by atoms with Crippen molar-refractivity contribution in [2.75, 3.05) is 6.79 Å². The van der Waals surface area contributed by atoms with Crippen LogP contribution in [0.5, 0.6) is 11.5 Å². The standard InChI is InChI=1S/C13H9Cl2NO2S/c14-9-2-1-3-16-13(9)19-6-8-4-10(15)12-11(5-8)17-7-18-12/h1-5H,6-7H2. The number of rotatable bonds is 3. The van der Waals surface area contributed by atoms with E-state index in [1.165, 1.54) is 0 Å². The van der Waals surface area contributed by atoms with Crippen LogP contribution in [0.2, 0.25) is 10.0 Å². The van der Waals surface area contributed by atoms with E-state index in [0.29, 0.717) is 27.3 Å². The number of pyridine rings is 1. The van der Waals surface area contributed by atoms with Gasteiger partial charge in [-0.2, -0.15) is 0 Å². The minimum atomic E-state index is 0.220. The molecule has 0 amide bonds. The predicted molar refractivity (Wildman–Crippen MR) is 76.4 cm³/mol. The van der Waals surface area contributed by atoms with Crippen LogP contribution in [0.4, 0.5) is 0 Å². The number of aromatic nitrogens is 1. The van der Waals surface area contributed by atoms with E-state index in [0.717, 1.165) is 10.6 Å². The predicted octanol–water partition coefficient (Wildman–Crippen LogP) is 4.41. The van der Waals surface area contributed by atoms with Gasteiger partial charge in [-0.3, -0.25) is 0 Å². The Morgan fingerprint density at radius 2 is 2.11 bits per heavy atom. The van der Waals surface area contributed by atoms with Crippen LogP contribution >= 0.6 is 35.0 Å². The Balaban J connectivity index is 1.78. The number of fused-ring (bicyclic) bond motifs is 1. The Hall–Kier alpha value is -1.10. The highest BCUT2D eigenvalue weighted by Gasteiger charge is 2.18. The van der Waals surface area contributed by atoms with Crippen molar-refractivity contribution in [2.24, 2.45) is 0 Å². The molecule has 1 aliphatic rings. The first-order valence-electron chi connectivity index (χ1n) is 5.55. The van der Waals surface area contributed by atoms with Crippen LogP contribution in [-0.4, -0.2) is 11.8 Å². The van der Waals surface area contributed by atoms with Gasteiger partial charge in [-0.1, -0.05) is 23.2 Å². The third kappa shape index (κ3) is 2.76. The van der Waals surface area contributed by atoms with Gasteiger partial charge in [0.15, 0.2) is 11.5 Å². The van der Waals surface area contributed by atoms with E-state index < -0.39 is 0 Å². The molecule has 0 saturated carbocycles. The maximum atomic E-state index is 6.13. The number of benzene rings is 1. The summed E-state index contributed by atoms with van der Waals surface area (Å²) in [4.78, 5) is 4.23. The molecule has 0 spiro atoms. The monoisotopic (exact) mass is 313 g/mol. The van der Waals surface area contributed by atoms with Crippen molar-refractivity contribution < 1.29 is 9.47 Å². The van der Waals surface area contributed by atoms with Gasteiger partial charge in [-0.05, 0) is 29.8 Å². The summed E-state index contributed by atoms with van der Waals surface area (Å²) < 4.78 is 10.6. The number of ether oxygens (including phenoxy) is 2. The molecule has 0 saturated heterocycles. The van der Waals surface area contributed by atoms with E-state index in [1.807, 2.05) is 24.3 Å². The second kappa shape index (κ2) is 5.49. The molecule has 2 heterocycles. The minimum Gasteiger partial charge on any atom is -0.454 e. The van der Waals surface area contributed by atoms with Crippen molar-refractivity contribution in [1.82, 2.24) is 4.98 Å². The van der Waals surface area contributed by atoms with E-state index in [2.05, 4.69) is 4.98 Å². The third-order valence-corrected chi connectivity index (χ3v) is 4.36. The van der Waals surface area contributed by atoms with Gasteiger partial charge in [0, 0.05) is 11.9 Å². The molecule has 2 aromatic rings. The van der Waals surface area contributed by atoms with E-state index in [-0.39, 0.29) is 6.79 Å². The van der Waals surface area contributed by atoms with Crippen molar-refractivity contribution >= 4 is 35.0 Å². The lowest BCUT2D eigenvalue weighted by molar-refractivity contribution is 0.174. The third-order valence-electron chi connectivity index (χ3n) is 2.59. The Morgan fingerprint density at radius 3 is 2.95 bits per heavy atom. The zero-order valence-corrected chi connectivity index (χ0v) is 12.1. The van der Waals surface area contributed by atoms with Crippen LogP contribution in [0.1, 0.15) is 5.56 Å². The van der Waals surface area contributed by atoms with Crippen LogP contribution in [0.15, 0.2) is 35.5 Å². The average Bonchev–Trinajstić information content (AvgIpc) is 2.87. The number of nitrogens with zero attached hydrogens (tertiary/aromatic N) is 1. The Bertz CT molecular complexity index is 622. The highest BCUT2D eigenvalue weighted by atomic mass is 35.5. The lowest BCUT2D eigenvalue weighted by Gasteiger charge is -2.05. The normalized spacial score (nSPS) is 12.7. The smallest absolute Gasteiger partial charge is 0.231 e. The van der Waals surface area contributed by atoms with Crippen molar-refractivity contribution in [3.8, 4) is 11.5 Å². The van der Waals surface area contributed by atoms with Crippen LogP contribution < -0.4 is 9.47 Å². The quantitative estimate of drug-likeness (QED) is 0.785. The molecule has 0 fully saturated rings. The number of halogens is 2. The zero-order chi connectivity index (χ0) is 13.2. The van der Waals surface area contributed by atoms with Gasteiger partial charge < -0.3 is 9.47 Å². The second-order valence-corrected chi connectivity index (χ2v) is 5.67. The molecule has 3 nitrogen and oxygen atoms in total. The summed E-state index contributed by atoms with van der Waals surface area (Å²) in [5.74, 6) is 2.02. The van der Waals surface area contributed by atoms with E-state index in [1.54, 1.807) is 18.0 Å². The summed E-state index contributed by atoms with van der Waals surface area (Å²) in [6, 6.07) is 7.43. The fourth-order valence-electron chi connectivity index (χ4n) is 1.73. The van der Waals surface area contributed by atoms with Gasteiger partial charge in [-0.15, -0.1) is 11.8 Å². The van der Waals surface area contributed by atoms with Gasteiger partial charge in [0.1, 0.15) is 5.03 Å². The first-order valence-corrected chi connectivity index (χ1v) is 7.29. The molecule has 3 rings (SSSR count). The number of hydrogen-bond acceptors (Lipinski definition) is 4.